The van der Waals surface area contributed by atoms with E-state index in [0.717, 1.165) is 18.8 Å². The molecule has 24 heavy (non-hydrogen) atoms. The van der Waals surface area contributed by atoms with E-state index in [1.165, 1.54) is 12.8 Å². The lowest BCUT2D eigenvalue weighted by Gasteiger charge is -2.28. The number of primary amides is 1. The number of carbonyl (C=O) groups is 2. The molecule has 0 bridgehead atoms. The quantitative estimate of drug-likeness (QED) is 0.696. The zero-order chi connectivity index (χ0) is 16.7. The zero-order valence-corrected chi connectivity index (χ0v) is 14.7. The molecule has 1 aromatic carbocycles. The van der Waals surface area contributed by atoms with E-state index in [9.17, 15) is 9.59 Å². The van der Waals surface area contributed by atoms with Gasteiger partial charge in [0.1, 0.15) is 5.75 Å². The number of amides is 2. The Morgan fingerprint density at radius 3 is 2.67 bits per heavy atom. The normalized spacial score (nSPS) is 18.1. The van der Waals surface area contributed by atoms with Crippen LogP contribution in [0.25, 0.3) is 0 Å². The number of ether oxygens (including phenoxy) is 1. The number of hydrogen-bond donors (Lipinski definition) is 3. The minimum atomic E-state index is -0.520. The lowest BCUT2D eigenvalue weighted by atomic mass is 9.85. The monoisotopic (exact) mass is 355 g/mol. The van der Waals surface area contributed by atoms with Crippen LogP contribution in [0.4, 0.5) is 5.69 Å². The van der Waals surface area contributed by atoms with Crippen LogP contribution in [0, 0.1) is 11.8 Å². The van der Waals surface area contributed by atoms with Gasteiger partial charge in [-0.25, -0.2) is 0 Å². The van der Waals surface area contributed by atoms with Gasteiger partial charge >= 0.3 is 0 Å². The molecule has 2 unspecified atom stereocenters. The SMILES string of the molecule is CC(CC(=O)Nc1ccc(OCC(N)=O)cc1)C1CCCNC1.Cl. The summed E-state index contributed by atoms with van der Waals surface area (Å²) in [5.41, 5.74) is 5.74. The lowest BCUT2D eigenvalue weighted by Crippen LogP contribution is -2.34. The van der Waals surface area contributed by atoms with Crippen molar-refractivity contribution in [2.24, 2.45) is 17.6 Å². The van der Waals surface area contributed by atoms with E-state index in [-0.39, 0.29) is 24.9 Å². The molecule has 2 rings (SSSR count). The van der Waals surface area contributed by atoms with E-state index in [1.807, 2.05) is 0 Å². The molecular formula is C17H26ClN3O3. The highest BCUT2D eigenvalue weighted by Gasteiger charge is 2.21. The third-order valence-corrected chi connectivity index (χ3v) is 4.17. The van der Waals surface area contributed by atoms with Crippen molar-refractivity contribution in [2.75, 3.05) is 25.0 Å². The summed E-state index contributed by atoms with van der Waals surface area (Å²) in [7, 11) is 0. The first kappa shape index (κ1) is 20.3. The molecule has 1 aliphatic heterocycles. The third-order valence-electron chi connectivity index (χ3n) is 4.17. The van der Waals surface area contributed by atoms with Crippen LogP contribution in [0.1, 0.15) is 26.2 Å². The number of carbonyl (C=O) groups excluding carboxylic acids is 2. The minimum Gasteiger partial charge on any atom is -0.484 e. The highest BCUT2D eigenvalue weighted by Crippen LogP contribution is 2.23. The average molecular weight is 356 g/mol. The molecule has 1 fully saturated rings. The summed E-state index contributed by atoms with van der Waals surface area (Å²) in [6, 6.07) is 6.90. The van der Waals surface area contributed by atoms with Gasteiger partial charge in [0.15, 0.2) is 6.61 Å². The number of anilines is 1. The molecule has 2 amide bonds. The lowest BCUT2D eigenvalue weighted by molar-refractivity contribution is -0.120. The van der Waals surface area contributed by atoms with Crippen LogP contribution in [0.5, 0.6) is 5.75 Å². The average Bonchev–Trinajstić information content (AvgIpc) is 2.55. The Bertz CT molecular complexity index is 530. The fourth-order valence-corrected chi connectivity index (χ4v) is 2.82. The van der Waals surface area contributed by atoms with Crippen molar-refractivity contribution in [2.45, 2.75) is 26.2 Å². The van der Waals surface area contributed by atoms with Crippen LogP contribution >= 0.6 is 12.4 Å². The molecule has 4 N–H and O–H groups in total. The second-order valence-electron chi connectivity index (χ2n) is 6.12. The molecule has 1 aromatic rings. The highest BCUT2D eigenvalue weighted by molar-refractivity contribution is 5.90. The maximum atomic E-state index is 12.1. The van der Waals surface area contributed by atoms with E-state index in [4.69, 9.17) is 10.5 Å². The molecule has 1 aliphatic rings. The fraction of sp³-hybridized carbons (Fsp3) is 0.529. The van der Waals surface area contributed by atoms with Gasteiger partial charge in [0.25, 0.3) is 5.91 Å². The molecule has 134 valence electrons. The van der Waals surface area contributed by atoms with Crippen molar-refractivity contribution in [3.05, 3.63) is 24.3 Å². The van der Waals surface area contributed by atoms with E-state index in [0.29, 0.717) is 24.0 Å². The van der Waals surface area contributed by atoms with Gasteiger partial charge in [0.2, 0.25) is 5.91 Å². The van der Waals surface area contributed by atoms with Gasteiger partial charge in [0.05, 0.1) is 0 Å². The molecule has 1 heterocycles. The molecular weight excluding hydrogens is 330 g/mol. The Balaban J connectivity index is 0.00000288. The second-order valence-corrected chi connectivity index (χ2v) is 6.12. The minimum absolute atomic E-state index is 0. The fourth-order valence-electron chi connectivity index (χ4n) is 2.82. The van der Waals surface area contributed by atoms with Gasteiger partial charge in [-0.05, 0) is 62.0 Å². The van der Waals surface area contributed by atoms with E-state index in [1.54, 1.807) is 24.3 Å². The third kappa shape index (κ3) is 6.76. The molecule has 6 nitrogen and oxygen atoms in total. The zero-order valence-electron chi connectivity index (χ0n) is 13.9. The van der Waals surface area contributed by atoms with Crippen LogP contribution in [0.3, 0.4) is 0 Å². The summed E-state index contributed by atoms with van der Waals surface area (Å²) in [5, 5.41) is 6.28. The van der Waals surface area contributed by atoms with Crippen LogP contribution < -0.4 is 21.1 Å². The second kappa shape index (κ2) is 10.2. The summed E-state index contributed by atoms with van der Waals surface area (Å²) in [6.07, 6.45) is 2.89. The Labute approximate surface area is 148 Å². The van der Waals surface area contributed by atoms with Crippen molar-refractivity contribution in [3.8, 4) is 5.75 Å². The molecule has 1 saturated heterocycles. The number of halogens is 1. The number of piperidine rings is 1. The van der Waals surface area contributed by atoms with E-state index >= 15 is 0 Å². The van der Waals surface area contributed by atoms with Crippen molar-refractivity contribution in [1.29, 1.82) is 0 Å². The van der Waals surface area contributed by atoms with Gasteiger partial charge in [-0.15, -0.1) is 12.4 Å². The van der Waals surface area contributed by atoms with Gasteiger partial charge in [0, 0.05) is 12.1 Å². The number of nitrogens with two attached hydrogens (primary N) is 1. The van der Waals surface area contributed by atoms with Crippen LogP contribution in [-0.2, 0) is 9.59 Å². The summed E-state index contributed by atoms with van der Waals surface area (Å²) < 4.78 is 5.18. The smallest absolute Gasteiger partial charge is 0.255 e. The maximum absolute atomic E-state index is 12.1. The van der Waals surface area contributed by atoms with E-state index < -0.39 is 5.91 Å². The van der Waals surface area contributed by atoms with Gasteiger partial charge in [-0.1, -0.05) is 6.92 Å². The number of rotatable bonds is 7. The molecule has 0 saturated carbocycles. The van der Waals surface area contributed by atoms with Crippen molar-refractivity contribution < 1.29 is 14.3 Å². The summed E-state index contributed by atoms with van der Waals surface area (Å²) >= 11 is 0. The Morgan fingerprint density at radius 1 is 1.38 bits per heavy atom. The Kier molecular flexibility index (Phi) is 8.57. The van der Waals surface area contributed by atoms with Crippen LogP contribution in [0.2, 0.25) is 0 Å². The predicted octanol–water partition coefficient (Wildman–Crippen LogP) is 1.94. The molecule has 2 atom stereocenters. The topological polar surface area (TPSA) is 93.4 Å². The molecule has 0 spiro atoms. The number of hydrogen-bond acceptors (Lipinski definition) is 4. The first-order chi connectivity index (χ1) is 11.0. The van der Waals surface area contributed by atoms with Crippen molar-refractivity contribution >= 4 is 29.9 Å². The first-order valence-electron chi connectivity index (χ1n) is 8.06. The number of benzene rings is 1. The van der Waals surface area contributed by atoms with E-state index in [2.05, 4.69) is 17.6 Å². The summed E-state index contributed by atoms with van der Waals surface area (Å²) in [6.45, 7) is 4.07. The van der Waals surface area contributed by atoms with Crippen molar-refractivity contribution in [3.63, 3.8) is 0 Å². The first-order valence-corrected chi connectivity index (χ1v) is 8.06. The largest absolute Gasteiger partial charge is 0.484 e. The molecule has 7 heteroatoms. The standard InChI is InChI=1S/C17H25N3O3.ClH/c1-12(13-3-2-8-19-10-13)9-17(22)20-14-4-6-15(7-5-14)23-11-16(18)21;/h4-7,12-13,19H,2-3,8-11H2,1H3,(H2,18,21)(H,20,22);1H. The van der Waals surface area contributed by atoms with Gasteiger partial charge in [-0.2, -0.15) is 0 Å². The predicted molar refractivity (Wildman–Crippen MR) is 96.4 cm³/mol. The Morgan fingerprint density at radius 2 is 2.08 bits per heavy atom. The number of nitrogens with one attached hydrogen (secondary N) is 2. The summed E-state index contributed by atoms with van der Waals surface area (Å²) in [4.78, 5) is 22.8. The molecule has 0 aromatic heterocycles. The molecule has 0 aliphatic carbocycles. The van der Waals surface area contributed by atoms with Gasteiger partial charge < -0.3 is 21.1 Å². The van der Waals surface area contributed by atoms with Crippen molar-refractivity contribution in [1.82, 2.24) is 5.32 Å². The van der Waals surface area contributed by atoms with Crippen LogP contribution in [-0.4, -0.2) is 31.5 Å². The molecule has 0 radical (unpaired) electrons. The summed E-state index contributed by atoms with van der Waals surface area (Å²) in [5.74, 6) is 0.978. The van der Waals surface area contributed by atoms with Gasteiger partial charge in [-0.3, -0.25) is 9.59 Å². The maximum Gasteiger partial charge on any atom is 0.255 e. The Hall–Kier alpha value is -1.79. The highest BCUT2D eigenvalue weighted by atomic mass is 35.5. The van der Waals surface area contributed by atoms with Crippen LogP contribution in [0.15, 0.2) is 24.3 Å².